The molecule has 106 valence electrons. The normalized spacial score (nSPS) is 21.1. The van der Waals surface area contributed by atoms with Gasteiger partial charge in [0.1, 0.15) is 0 Å². The van der Waals surface area contributed by atoms with E-state index in [1.54, 1.807) is 0 Å². The number of aryl methyl sites for hydroxylation is 2. The Labute approximate surface area is 121 Å². The van der Waals surface area contributed by atoms with Crippen molar-refractivity contribution in [3.8, 4) is 0 Å². The molecular formula is C17H23N3. The van der Waals surface area contributed by atoms with E-state index in [0.29, 0.717) is 12.1 Å². The van der Waals surface area contributed by atoms with Crippen LogP contribution in [-0.2, 0) is 6.42 Å². The lowest BCUT2D eigenvalue weighted by Gasteiger charge is -2.23. The first-order valence-corrected chi connectivity index (χ1v) is 7.54. The van der Waals surface area contributed by atoms with Crippen LogP contribution in [0.25, 0.3) is 0 Å². The molecule has 1 N–H and O–H groups in total. The average Bonchev–Trinajstić information content (AvgIpc) is 2.96. The van der Waals surface area contributed by atoms with Gasteiger partial charge >= 0.3 is 0 Å². The van der Waals surface area contributed by atoms with Gasteiger partial charge in [-0.05, 0) is 50.4 Å². The Balaban J connectivity index is 1.97. The number of rotatable bonds is 4. The van der Waals surface area contributed by atoms with Crippen LogP contribution in [0, 0.1) is 13.8 Å². The van der Waals surface area contributed by atoms with Crippen LogP contribution in [0.5, 0.6) is 0 Å². The smallest absolute Gasteiger partial charge is 0.0757 e. The third kappa shape index (κ3) is 2.27. The molecule has 0 fully saturated rings. The van der Waals surface area contributed by atoms with E-state index in [-0.39, 0.29) is 0 Å². The molecule has 0 bridgehead atoms. The van der Waals surface area contributed by atoms with Crippen molar-refractivity contribution >= 4 is 0 Å². The molecule has 3 rings (SSSR count). The van der Waals surface area contributed by atoms with Crippen LogP contribution >= 0.6 is 0 Å². The van der Waals surface area contributed by atoms with Gasteiger partial charge in [-0.3, -0.25) is 4.68 Å². The molecule has 0 saturated carbocycles. The molecule has 2 atom stereocenters. The Morgan fingerprint density at radius 2 is 2.10 bits per heavy atom. The molecule has 1 aromatic heterocycles. The highest BCUT2D eigenvalue weighted by Gasteiger charge is 2.34. The van der Waals surface area contributed by atoms with E-state index in [4.69, 9.17) is 5.10 Å². The minimum Gasteiger partial charge on any atom is -0.308 e. The fourth-order valence-electron chi connectivity index (χ4n) is 3.33. The van der Waals surface area contributed by atoms with E-state index in [1.807, 2.05) is 0 Å². The Kier molecular flexibility index (Phi) is 3.62. The van der Waals surface area contributed by atoms with Crippen LogP contribution in [-0.4, -0.2) is 16.3 Å². The van der Waals surface area contributed by atoms with Crippen LogP contribution in [0.1, 0.15) is 47.9 Å². The molecule has 1 aliphatic carbocycles. The average molecular weight is 269 g/mol. The van der Waals surface area contributed by atoms with Crippen LogP contribution in [0.2, 0.25) is 0 Å². The van der Waals surface area contributed by atoms with Crippen LogP contribution in [0.15, 0.2) is 30.3 Å². The van der Waals surface area contributed by atoms with Gasteiger partial charge in [-0.25, -0.2) is 0 Å². The Hall–Kier alpha value is -1.61. The lowest BCUT2D eigenvalue weighted by molar-refractivity contribution is 0.349. The monoisotopic (exact) mass is 269 g/mol. The van der Waals surface area contributed by atoms with Gasteiger partial charge in [0, 0.05) is 5.69 Å². The molecule has 0 radical (unpaired) electrons. The van der Waals surface area contributed by atoms with E-state index >= 15 is 0 Å². The SMILES string of the molecule is CCCNC1c2ccccc2CC1n1nc(C)cc1C. The van der Waals surface area contributed by atoms with Gasteiger partial charge in [0.05, 0.1) is 17.8 Å². The summed E-state index contributed by atoms with van der Waals surface area (Å²) in [6.45, 7) is 7.49. The summed E-state index contributed by atoms with van der Waals surface area (Å²) in [6.07, 6.45) is 2.22. The summed E-state index contributed by atoms with van der Waals surface area (Å²) < 4.78 is 2.21. The quantitative estimate of drug-likeness (QED) is 0.922. The van der Waals surface area contributed by atoms with Crippen molar-refractivity contribution in [1.29, 1.82) is 0 Å². The molecule has 3 nitrogen and oxygen atoms in total. The summed E-state index contributed by atoms with van der Waals surface area (Å²) in [7, 11) is 0. The van der Waals surface area contributed by atoms with E-state index in [1.165, 1.54) is 16.8 Å². The highest BCUT2D eigenvalue weighted by molar-refractivity contribution is 5.37. The van der Waals surface area contributed by atoms with Gasteiger partial charge < -0.3 is 5.32 Å². The van der Waals surface area contributed by atoms with Crippen molar-refractivity contribution in [1.82, 2.24) is 15.1 Å². The van der Waals surface area contributed by atoms with Crippen molar-refractivity contribution < 1.29 is 0 Å². The van der Waals surface area contributed by atoms with E-state index in [2.05, 4.69) is 61.1 Å². The maximum Gasteiger partial charge on any atom is 0.0757 e. The summed E-state index contributed by atoms with van der Waals surface area (Å²) >= 11 is 0. The first kappa shape index (κ1) is 13.4. The third-order valence-electron chi connectivity index (χ3n) is 4.18. The molecule has 20 heavy (non-hydrogen) atoms. The standard InChI is InChI=1S/C17H23N3/c1-4-9-18-17-15-8-6-5-7-14(15)11-16(17)20-13(3)10-12(2)19-20/h5-8,10,16-18H,4,9,11H2,1-3H3. The topological polar surface area (TPSA) is 29.9 Å². The minimum absolute atomic E-state index is 0.379. The number of benzene rings is 1. The minimum atomic E-state index is 0.379. The van der Waals surface area contributed by atoms with Crippen molar-refractivity contribution in [2.75, 3.05) is 6.54 Å². The van der Waals surface area contributed by atoms with Crippen LogP contribution < -0.4 is 5.32 Å². The van der Waals surface area contributed by atoms with Crippen LogP contribution in [0.3, 0.4) is 0 Å². The number of aromatic nitrogens is 2. The maximum atomic E-state index is 4.71. The van der Waals surface area contributed by atoms with E-state index in [0.717, 1.165) is 25.1 Å². The van der Waals surface area contributed by atoms with Gasteiger partial charge in [-0.2, -0.15) is 5.10 Å². The van der Waals surface area contributed by atoms with Gasteiger partial charge in [0.25, 0.3) is 0 Å². The number of nitrogens with one attached hydrogen (secondary N) is 1. The highest BCUT2D eigenvalue weighted by Crippen LogP contribution is 2.39. The van der Waals surface area contributed by atoms with Gasteiger partial charge in [-0.15, -0.1) is 0 Å². The largest absolute Gasteiger partial charge is 0.308 e. The lowest BCUT2D eigenvalue weighted by Crippen LogP contribution is -2.29. The second kappa shape index (κ2) is 5.41. The zero-order valence-corrected chi connectivity index (χ0v) is 12.6. The van der Waals surface area contributed by atoms with E-state index in [9.17, 15) is 0 Å². The zero-order valence-electron chi connectivity index (χ0n) is 12.6. The second-order valence-electron chi connectivity index (χ2n) is 5.77. The Bertz CT molecular complexity index is 600. The molecular weight excluding hydrogens is 246 g/mol. The van der Waals surface area contributed by atoms with Crippen molar-refractivity contribution in [2.24, 2.45) is 0 Å². The first-order valence-electron chi connectivity index (χ1n) is 7.54. The summed E-state index contributed by atoms with van der Waals surface area (Å²) in [5.74, 6) is 0. The summed E-state index contributed by atoms with van der Waals surface area (Å²) in [4.78, 5) is 0. The molecule has 0 aliphatic heterocycles. The fraction of sp³-hybridized carbons (Fsp3) is 0.471. The van der Waals surface area contributed by atoms with Crippen LogP contribution in [0.4, 0.5) is 0 Å². The number of fused-ring (bicyclic) bond motifs is 1. The number of hydrogen-bond donors (Lipinski definition) is 1. The Morgan fingerprint density at radius 3 is 2.80 bits per heavy atom. The van der Waals surface area contributed by atoms with E-state index < -0.39 is 0 Å². The summed E-state index contributed by atoms with van der Waals surface area (Å²) in [5.41, 5.74) is 5.26. The number of nitrogens with zero attached hydrogens (tertiary/aromatic N) is 2. The van der Waals surface area contributed by atoms with Crippen molar-refractivity contribution in [3.05, 3.63) is 52.8 Å². The lowest BCUT2D eigenvalue weighted by atomic mass is 10.1. The molecule has 2 unspecified atom stereocenters. The van der Waals surface area contributed by atoms with Gasteiger partial charge in [0.2, 0.25) is 0 Å². The summed E-state index contributed by atoms with van der Waals surface area (Å²) in [6, 6.07) is 11.7. The predicted octanol–water partition coefficient (Wildman–Crippen LogP) is 3.34. The number of hydrogen-bond acceptors (Lipinski definition) is 2. The van der Waals surface area contributed by atoms with Crippen molar-refractivity contribution in [2.45, 2.75) is 45.7 Å². The fourth-order valence-corrected chi connectivity index (χ4v) is 3.33. The molecule has 0 saturated heterocycles. The maximum absolute atomic E-state index is 4.71. The molecule has 1 aliphatic rings. The second-order valence-corrected chi connectivity index (χ2v) is 5.77. The molecule has 0 amide bonds. The van der Waals surface area contributed by atoms with Gasteiger partial charge in [-0.1, -0.05) is 31.2 Å². The molecule has 3 heteroatoms. The molecule has 0 spiro atoms. The highest BCUT2D eigenvalue weighted by atomic mass is 15.3. The zero-order chi connectivity index (χ0) is 14.1. The van der Waals surface area contributed by atoms with Crippen molar-refractivity contribution in [3.63, 3.8) is 0 Å². The first-order chi connectivity index (χ1) is 9.70. The third-order valence-corrected chi connectivity index (χ3v) is 4.18. The predicted molar refractivity (Wildman–Crippen MR) is 81.9 cm³/mol. The molecule has 1 heterocycles. The van der Waals surface area contributed by atoms with Gasteiger partial charge in [0.15, 0.2) is 0 Å². The summed E-state index contributed by atoms with van der Waals surface area (Å²) in [5, 5.41) is 8.42. The molecule has 2 aromatic rings. The molecule has 1 aromatic carbocycles. The Morgan fingerprint density at radius 1 is 1.30 bits per heavy atom.